The molecule has 0 amide bonds. The first kappa shape index (κ1) is 24.5. The molecule has 184 valence electrons. The third-order valence-electron chi connectivity index (χ3n) is 5.74. The van der Waals surface area contributed by atoms with Crippen LogP contribution in [0.25, 0.3) is 11.1 Å². The Kier molecular flexibility index (Phi) is 6.95. The van der Waals surface area contributed by atoms with E-state index in [0.29, 0.717) is 12.1 Å². The second kappa shape index (κ2) is 9.93. The molecule has 2 unspecified atom stereocenters. The Morgan fingerprint density at radius 3 is 2.63 bits per heavy atom. The number of carboxylic acids is 1. The van der Waals surface area contributed by atoms with E-state index in [1.54, 1.807) is 55.4 Å². The normalized spacial score (nSPS) is 19.7. The molecule has 7 nitrogen and oxygen atoms in total. The van der Waals surface area contributed by atoms with Gasteiger partial charge < -0.3 is 15.3 Å². The third kappa shape index (κ3) is 5.72. The first-order valence-corrected chi connectivity index (χ1v) is 10.9. The summed E-state index contributed by atoms with van der Waals surface area (Å²) in [4.78, 5) is 22.3. The van der Waals surface area contributed by atoms with Gasteiger partial charge in [0.1, 0.15) is 0 Å². The average molecular weight is 486 g/mol. The first-order chi connectivity index (χ1) is 16.6. The second-order valence-electron chi connectivity index (χ2n) is 8.50. The molecule has 2 aromatic carbocycles. The minimum atomic E-state index is -4.55. The molecular weight excluding hydrogens is 461 g/mol. The molecule has 0 fully saturated rings. The predicted octanol–water partition coefficient (Wildman–Crippen LogP) is 3.72. The van der Waals surface area contributed by atoms with Crippen LogP contribution in [0.15, 0.2) is 71.4 Å². The molecule has 2 atom stereocenters. The Hall–Kier alpha value is -3.63. The number of carboxylic acid groups (broad SMARTS) is 1. The summed E-state index contributed by atoms with van der Waals surface area (Å²) in [5, 5.41) is 12.0. The molecule has 35 heavy (non-hydrogen) atoms. The molecule has 0 bridgehead atoms. The van der Waals surface area contributed by atoms with E-state index >= 15 is 0 Å². The number of dihydropyridines is 1. The van der Waals surface area contributed by atoms with E-state index in [0.717, 1.165) is 17.2 Å². The molecule has 4 rings (SSSR count). The van der Waals surface area contributed by atoms with Gasteiger partial charge in [-0.1, -0.05) is 42.5 Å². The lowest BCUT2D eigenvalue weighted by atomic mass is 9.94. The number of nitrogens with one attached hydrogen (secondary N) is 2. The number of rotatable bonds is 7. The molecule has 0 spiro atoms. The Labute approximate surface area is 200 Å². The van der Waals surface area contributed by atoms with Crippen molar-refractivity contribution in [3.8, 4) is 11.1 Å². The van der Waals surface area contributed by atoms with Gasteiger partial charge in [-0.05, 0) is 42.8 Å². The van der Waals surface area contributed by atoms with E-state index in [2.05, 4.69) is 15.8 Å². The van der Waals surface area contributed by atoms with Crippen LogP contribution in [0.2, 0.25) is 0 Å². The van der Waals surface area contributed by atoms with E-state index < -0.39 is 23.9 Å². The fourth-order valence-electron chi connectivity index (χ4n) is 4.03. The smallest absolute Gasteiger partial charge is 0.417 e. The van der Waals surface area contributed by atoms with E-state index in [1.165, 1.54) is 6.07 Å². The summed E-state index contributed by atoms with van der Waals surface area (Å²) in [5.41, 5.74) is 4.29. The van der Waals surface area contributed by atoms with Crippen LogP contribution in [0, 0.1) is 6.92 Å². The molecule has 0 aliphatic carbocycles. The third-order valence-corrected chi connectivity index (χ3v) is 5.74. The molecule has 2 aromatic rings. The Bertz CT molecular complexity index is 1210. The van der Waals surface area contributed by atoms with Crippen molar-refractivity contribution < 1.29 is 27.9 Å². The first-order valence-electron chi connectivity index (χ1n) is 10.9. The van der Waals surface area contributed by atoms with Gasteiger partial charge in [0.2, 0.25) is 5.90 Å². The number of aryl methyl sites for hydroxylation is 1. The highest BCUT2D eigenvalue weighted by atomic mass is 19.4. The Balaban J connectivity index is 1.52. The summed E-state index contributed by atoms with van der Waals surface area (Å²) >= 11 is 0. The fraction of sp³-hybridized carbons (Fsp3) is 0.280. The molecule has 0 radical (unpaired) electrons. The SMILES string of the molecule is Cc1ccccc1-c1ccc(C2=NC(C3=CNC(CN(C)CC(=O)O)C=C3)NO2)cc1C(F)(F)F. The van der Waals surface area contributed by atoms with Crippen LogP contribution >= 0.6 is 0 Å². The fourth-order valence-corrected chi connectivity index (χ4v) is 4.03. The van der Waals surface area contributed by atoms with Crippen molar-refractivity contribution >= 4 is 11.9 Å². The standard InChI is InChI=1S/C25H25F3N4O3/c1-15-5-3-4-6-19(15)20-10-8-16(11-21(20)25(26,27)28)24-30-23(31-35-24)17-7-9-18(29-12-17)13-32(2)14-22(33)34/h3-12,18,23,29,31H,13-14H2,1-2H3,(H,33,34). The zero-order valence-corrected chi connectivity index (χ0v) is 19.1. The minimum Gasteiger partial charge on any atom is -0.480 e. The molecule has 3 N–H and O–H groups in total. The van der Waals surface area contributed by atoms with Crippen molar-refractivity contribution in [3.05, 3.63) is 83.1 Å². The van der Waals surface area contributed by atoms with Gasteiger partial charge in [0, 0.05) is 23.9 Å². The summed E-state index contributed by atoms with van der Waals surface area (Å²) in [5.74, 6) is -0.840. The van der Waals surface area contributed by atoms with Gasteiger partial charge in [-0.15, -0.1) is 5.48 Å². The number of hydrogen-bond donors (Lipinski definition) is 3. The number of nitrogens with zero attached hydrogens (tertiary/aromatic N) is 2. The van der Waals surface area contributed by atoms with Crippen LogP contribution in [0.5, 0.6) is 0 Å². The zero-order valence-electron chi connectivity index (χ0n) is 19.1. The number of aliphatic imine (C=N–C) groups is 1. The van der Waals surface area contributed by atoms with Crippen LogP contribution in [0.4, 0.5) is 13.2 Å². The number of aliphatic carboxylic acids is 1. The highest BCUT2D eigenvalue weighted by molar-refractivity contribution is 5.96. The van der Waals surface area contributed by atoms with Crippen molar-refractivity contribution in [3.63, 3.8) is 0 Å². The van der Waals surface area contributed by atoms with Crippen LogP contribution in [-0.2, 0) is 15.8 Å². The van der Waals surface area contributed by atoms with Gasteiger partial charge in [-0.25, -0.2) is 4.99 Å². The molecular formula is C25H25F3N4O3. The zero-order chi connectivity index (χ0) is 25.2. The highest BCUT2D eigenvalue weighted by Crippen LogP contribution is 2.39. The number of hydrogen-bond acceptors (Lipinski definition) is 6. The number of hydroxylamine groups is 1. The lowest BCUT2D eigenvalue weighted by Gasteiger charge is -2.24. The van der Waals surface area contributed by atoms with Crippen LogP contribution in [0.3, 0.4) is 0 Å². The van der Waals surface area contributed by atoms with Crippen molar-refractivity contribution in [1.82, 2.24) is 15.7 Å². The van der Waals surface area contributed by atoms with Crippen LogP contribution in [-0.4, -0.2) is 54.2 Å². The summed E-state index contributed by atoms with van der Waals surface area (Å²) in [6, 6.07) is 10.9. The Morgan fingerprint density at radius 2 is 1.97 bits per heavy atom. The summed E-state index contributed by atoms with van der Waals surface area (Å²) in [7, 11) is 1.71. The van der Waals surface area contributed by atoms with E-state index in [-0.39, 0.29) is 29.6 Å². The molecule has 0 saturated carbocycles. The maximum atomic E-state index is 13.9. The van der Waals surface area contributed by atoms with Crippen molar-refractivity contribution in [2.75, 3.05) is 20.1 Å². The second-order valence-corrected chi connectivity index (χ2v) is 8.50. The summed E-state index contributed by atoms with van der Waals surface area (Å²) in [6.07, 6.45) is 0.278. The van der Waals surface area contributed by atoms with Gasteiger partial charge in [-0.2, -0.15) is 13.2 Å². The summed E-state index contributed by atoms with van der Waals surface area (Å²) in [6.45, 7) is 2.19. The number of likely N-dealkylation sites (N-methyl/N-ethyl adjacent to an activating group) is 1. The maximum Gasteiger partial charge on any atom is 0.417 e. The van der Waals surface area contributed by atoms with Gasteiger partial charge in [0.05, 0.1) is 18.2 Å². The largest absolute Gasteiger partial charge is 0.480 e. The quantitative estimate of drug-likeness (QED) is 0.553. The monoisotopic (exact) mass is 486 g/mol. The maximum absolute atomic E-state index is 13.9. The average Bonchev–Trinajstić information content (AvgIpc) is 3.29. The number of carbonyl (C=O) groups is 1. The predicted molar refractivity (Wildman–Crippen MR) is 125 cm³/mol. The van der Waals surface area contributed by atoms with E-state index in [1.807, 2.05) is 12.2 Å². The minimum absolute atomic E-state index is 0.0643. The number of alkyl halides is 3. The van der Waals surface area contributed by atoms with Gasteiger partial charge in [0.25, 0.3) is 0 Å². The topological polar surface area (TPSA) is 86.2 Å². The van der Waals surface area contributed by atoms with Gasteiger partial charge in [-0.3, -0.25) is 9.69 Å². The van der Waals surface area contributed by atoms with Crippen LogP contribution < -0.4 is 10.8 Å². The summed E-state index contributed by atoms with van der Waals surface area (Å²) < 4.78 is 41.8. The Morgan fingerprint density at radius 1 is 1.20 bits per heavy atom. The molecule has 2 aliphatic rings. The van der Waals surface area contributed by atoms with Gasteiger partial charge in [0.15, 0.2) is 6.17 Å². The van der Waals surface area contributed by atoms with E-state index in [9.17, 15) is 18.0 Å². The molecule has 2 heterocycles. The van der Waals surface area contributed by atoms with Crippen molar-refractivity contribution in [1.29, 1.82) is 0 Å². The lowest BCUT2D eigenvalue weighted by Crippen LogP contribution is -2.40. The van der Waals surface area contributed by atoms with Crippen molar-refractivity contribution in [2.45, 2.75) is 25.3 Å². The molecule has 0 aromatic heterocycles. The van der Waals surface area contributed by atoms with Crippen molar-refractivity contribution in [2.24, 2.45) is 4.99 Å². The number of benzene rings is 2. The highest BCUT2D eigenvalue weighted by Gasteiger charge is 2.35. The lowest BCUT2D eigenvalue weighted by molar-refractivity contribution is -0.138. The van der Waals surface area contributed by atoms with Crippen LogP contribution in [0.1, 0.15) is 16.7 Å². The molecule has 0 saturated heterocycles. The molecule has 10 heteroatoms. The number of halogens is 3. The van der Waals surface area contributed by atoms with E-state index in [4.69, 9.17) is 9.94 Å². The molecule has 2 aliphatic heterocycles. The van der Waals surface area contributed by atoms with Gasteiger partial charge >= 0.3 is 12.1 Å².